The zero-order chi connectivity index (χ0) is 43.3. The number of nitrogens with one attached hydrogen (secondary N) is 1. The third-order valence-corrected chi connectivity index (χ3v) is 9.47. The number of hydrazone groups is 2. The number of hydrogen-bond donors (Lipinski definition) is 4. The molecule has 21 nitrogen and oxygen atoms in total. The molecule has 340 valence electrons. The van der Waals surface area contributed by atoms with Crippen LogP contribution in [0.2, 0.25) is 0 Å². The Morgan fingerprint density at radius 1 is 0.730 bits per heavy atom. The highest BCUT2D eigenvalue weighted by Gasteiger charge is 2.34. The quantitative estimate of drug-likeness (QED) is 0.158. The summed E-state index contributed by atoms with van der Waals surface area (Å²) in [6, 6.07) is 12.7. The van der Waals surface area contributed by atoms with Crippen LogP contribution >= 0.6 is 0 Å². The van der Waals surface area contributed by atoms with E-state index in [1.807, 2.05) is 0 Å². The molecular weight excluding hydrogens is 834 g/mol. The van der Waals surface area contributed by atoms with Crippen molar-refractivity contribution in [2.24, 2.45) is 10.2 Å². The highest BCUT2D eigenvalue weighted by molar-refractivity contribution is 5.92. The van der Waals surface area contributed by atoms with Gasteiger partial charge in [0.15, 0.2) is 0 Å². The van der Waals surface area contributed by atoms with Gasteiger partial charge in [0.05, 0.1) is 60.3 Å². The molecule has 2 fully saturated rings. The lowest BCUT2D eigenvalue weighted by Gasteiger charge is -2.28. The van der Waals surface area contributed by atoms with E-state index in [-0.39, 0.29) is 39.3 Å². The number of rotatable bonds is 12. The standard InChI is InChI=1S/C19H20FN5O5.C17H18FN5O3.C2H4O3.2CH4/c20-16-9-14(2-4-17(16)23-6-7-25(21-12-23)18(27)11-26)24-10-15(30-19(24)28)3-1-13-5-8-29-22-13;18-15-9-13(2-4-16(15)22-7-6-19-20-11-22)23-10-14(26-17(23)24)3-1-12-5-8-25-21-12;3-1-2(4)5;;/h2,4-5,8-9,12,15,26H,1,3,6-7,10-11H2;2,4-5,8-9,11,14,19H,1,3,6-7,10H2;3H,1H2,(H,4,5);2*1H4/t15-;14-;;;/m00.../s1. The Balaban J connectivity index is 0.000000245. The number of carboxylic acids is 1. The van der Waals surface area contributed by atoms with Gasteiger partial charge in [0.25, 0.3) is 5.91 Å². The maximum Gasteiger partial charge on any atom is 0.414 e. The number of aliphatic hydroxyl groups is 2. The van der Waals surface area contributed by atoms with Gasteiger partial charge >= 0.3 is 18.2 Å². The number of amides is 3. The second-order valence-electron chi connectivity index (χ2n) is 13.6. The summed E-state index contributed by atoms with van der Waals surface area (Å²) in [4.78, 5) is 51.1. The number of carbonyl (C=O) groups is 4. The van der Waals surface area contributed by atoms with Crippen molar-refractivity contribution in [3.8, 4) is 0 Å². The third kappa shape index (κ3) is 12.9. The van der Waals surface area contributed by atoms with Crippen molar-refractivity contribution < 1.29 is 61.8 Å². The predicted octanol–water partition coefficient (Wildman–Crippen LogP) is 3.82. The fraction of sp³-hybridized carbons (Fsp3) is 0.400. The molecule has 3 amide bonds. The van der Waals surface area contributed by atoms with Crippen molar-refractivity contribution in [1.29, 1.82) is 0 Å². The van der Waals surface area contributed by atoms with Gasteiger partial charge < -0.3 is 49.1 Å². The average Bonchev–Trinajstić information content (AvgIpc) is 4.12. The smallest absolute Gasteiger partial charge is 0.414 e. The van der Waals surface area contributed by atoms with Gasteiger partial charge in [-0.15, -0.1) is 0 Å². The molecule has 0 saturated carbocycles. The molecule has 0 aliphatic carbocycles. The molecule has 0 spiro atoms. The van der Waals surface area contributed by atoms with Crippen LogP contribution in [0.3, 0.4) is 0 Å². The van der Waals surface area contributed by atoms with Crippen molar-refractivity contribution in [1.82, 2.24) is 20.7 Å². The van der Waals surface area contributed by atoms with Gasteiger partial charge in [-0.25, -0.2) is 28.2 Å². The number of aryl methyl sites for hydroxylation is 2. The lowest BCUT2D eigenvalue weighted by Crippen LogP contribution is -2.42. The van der Waals surface area contributed by atoms with Gasteiger partial charge in [-0.1, -0.05) is 25.2 Å². The highest BCUT2D eigenvalue weighted by Crippen LogP contribution is 2.30. The van der Waals surface area contributed by atoms with Crippen LogP contribution in [0, 0.1) is 11.6 Å². The predicted molar refractivity (Wildman–Crippen MR) is 224 cm³/mol. The minimum absolute atomic E-state index is 0. The van der Waals surface area contributed by atoms with Crippen LogP contribution in [0.15, 0.2) is 80.3 Å². The number of nitrogens with zero attached hydrogens (tertiary/aromatic N) is 9. The molecule has 4 N–H and O–H groups in total. The van der Waals surface area contributed by atoms with E-state index >= 15 is 0 Å². The van der Waals surface area contributed by atoms with Crippen LogP contribution in [0.1, 0.15) is 39.1 Å². The van der Waals surface area contributed by atoms with Crippen LogP contribution in [-0.2, 0) is 31.9 Å². The molecule has 4 aliphatic rings. The molecule has 4 aromatic rings. The number of benzene rings is 2. The first-order valence-corrected chi connectivity index (χ1v) is 18.9. The van der Waals surface area contributed by atoms with Crippen molar-refractivity contribution in [2.45, 2.75) is 52.7 Å². The Labute approximate surface area is 360 Å². The Bertz CT molecular complexity index is 2180. The van der Waals surface area contributed by atoms with Gasteiger partial charge in [0.2, 0.25) is 0 Å². The molecule has 2 aromatic carbocycles. The second kappa shape index (κ2) is 23.2. The Morgan fingerprint density at radius 3 is 1.62 bits per heavy atom. The van der Waals surface area contributed by atoms with Gasteiger partial charge in [-0.3, -0.25) is 14.6 Å². The molecule has 0 radical (unpaired) electrons. The number of cyclic esters (lactones) is 2. The minimum atomic E-state index is -1.19. The first-order chi connectivity index (χ1) is 29.5. The summed E-state index contributed by atoms with van der Waals surface area (Å²) in [5.74, 6) is -2.65. The molecule has 4 aliphatic heterocycles. The number of anilines is 4. The summed E-state index contributed by atoms with van der Waals surface area (Å²) >= 11 is 0. The van der Waals surface area contributed by atoms with Crippen molar-refractivity contribution in [3.05, 3.63) is 84.1 Å². The zero-order valence-electron chi connectivity index (χ0n) is 32.5. The number of aliphatic carboxylic acids is 1. The molecule has 6 heterocycles. The average molecular weight is 885 g/mol. The first-order valence-electron chi connectivity index (χ1n) is 18.9. The largest absolute Gasteiger partial charge is 0.480 e. The van der Waals surface area contributed by atoms with E-state index in [4.69, 9.17) is 38.6 Å². The Hall–Kier alpha value is -7.14. The number of halogens is 2. The second-order valence-corrected chi connectivity index (χ2v) is 13.6. The van der Waals surface area contributed by atoms with Crippen molar-refractivity contribution >= 4 is 59.5 Å². The van der Waals surface area contributed by atoms with Gasteiger partial charge in [-0.2, -0.15) is 10.2 Å². The van der Waals surface area contributed by atoms with Gasteiger partial charge in [0.1, 0.15) is 62.3 Å². The van der Waals surface area contributed by atoms with Crippen LogP contribution in [-0.4, -0.2) is 132 Å². The number of aliphatic hydroxyl groups excluding tert-OH is 2. The number of carbonyl (C=O) groups excluding carboxylic acids is 3. The highest BCUT2D eigenvalue weighted by atomic mass is 19.1. The molecule has 23 heteroatoms. The molecule has 8 rings (SSSR count). The summed E-state index contributed by atoms with van der Waals surface area (Å²) in [7, 11) is 0. The van der Waals surface area contributed by atoms with Crippen LogP contribution in [0.25, 0.3) is 0 Å². The number of aromatic nitrogens is 2. The normalized spacial score (nSPS) is 17.6. The summed E-state index contributed by atoms with van der Waals surface area (Å²) < 4.78 is 49.6. The third-order valence-electron chi connectivity index (χ3n) is 9.47. The molecule has 63 heavy (non-hydrogen) atoms. The van der Waals surface area contributed by atoms with Crippen LogP contribution in [0.5, 0.6) is 0 Å². The van der Waals surface area contributed by atoms with Crippen LogP contribution in [0.4, 0.5) is 41.1 Å². The maximum atomic E-state index is 14.7. The van der Waals surface area contributed by atoms with Gasteiger partial charge in [0, 0.05) is 25.2 Å². The Kier molecular flexibility index (Phi) is 17.9. The molecule has 0 unspecified atom stereocenters. The molecule has 2 saturated heterocycles. The first kappa shape index (κ1) is 48.5. The van der Waals surface area contributed by atoms with E-state index in [1.54, 1.807) is 52.5 Å². The summed E-state index contributed by atoms with van der Waals surface area (Å²) in [5, 5.41) is 40.5. The number of hydrogen-bond acceptors (Lipinski definition) is 17. The summed E-state index contributed by atoms with van der Waals surface area (Å²) in [6.45, 7) is 1.10. The monoisotopic (exact) mass is 884 g/mol. The van der Waals surface area contributed by atoms with Crippen LogP contribution < -0.4 is 25.0 Å². The Morgan fingerprint density at radius 2 is 1.24 bits per heavy atom. The zero-order valence-corrected chi connectivity index (χ0v) is 32.5. The molecule has 0 bridgehead atoms. The topological polar surface area (TPSA) is 252 Å². The number of carboxylic acid groups (broad SMARTS) is 1. The van der Waals surface area contributed by atoms with Gasteiger partial charge in [-0.05, 0) is 62.1 Å². The molecule has 2 atom stereocenters. The van der Waals surface area contributed by atoms with E-state index in [0.29, 0.717) is 75.5 Å². The lowest BCUT2D eigenvalue weighted by molar-refractivity contribution is -0.140. The summed E-state index contributed by atoms with van der Waals surface area (Å²) in [5.41, 5.74) is 5.99. The fourth-order valence-electron chi connectivity index (χ4n) is 6.39. The fourth-order valence-corrected chi connectivity index (χ4v) is 6.39. The maximum absolute atomic E-state index is 14.7. The lowest BCUT2D eigenvalue weighted by atomic mass is 10.1. The molecule has 2 aromatic heterocycles. The van der Waals surface area contributed by atoms with E-state index in [9.17, 15) is 23.2 Å². The van der Waals surface area contributed by atoms with E-state index in [1.165, 1.54) is 40.8 Å². The molecular formula is C40H50F2N10O11. The van der Waals surface area contributed by atoms with Crippen molar-refractivity contribution in [2.75, 3.05) is 72.1 Å². The summed E-state index contributed by atoms with van der Waals surface area (Å²) in [6.07, 6.45) is 6.79. The minimum Gasteiger partial charge on any atom is -0.480 e. The van der Waals surface area contributed by atoms with Crippen molar-refractivity contribution in [3.63, 3.8) is 0 Å². The SMILES string of the molecule is C.C.O=C(CO)N1CCN(c2ccc(N3C[C@H](CCc4ccon4)OC3=O)cc2F)C=N1.O=C(O)CO.O=C1O[C@@H](CCc2ccon2)CN1c1ccc(N2C=NNCC2)c(F)c1. The van der Waals surface area contributed by atoms with E-state index in [0.717, 1.165) is 16.4 Å². The van der Waals surface area contributed by atoms with E-state index in [2.05, 4.69) is 25.9 Å². The number of ether oxygens (including phenoxy) is 2. The van der Waals surface area contributed by atoms with E-state index < -0.39 is 48.9 Å².